The fourth-order valence-corrected chi connectivity index (χ4v) is 4.00. The molecule has 1 aromatic heterocycles. The van der Waals surface area contributed by atoms with Crippen LogP contribution in [0.4, 0.5) is 0 Å². The molecule has 0 saturated heterocycles. The lowest BCUT2D eigenvalue weighted by Crippen LogP contribution is -2.26. The first-order chi connectivity index (χ1) is 16.0. The normalized spacial score (nSPS) is 10.9. The zero-order valence-electron chi connectivity index (χ0n) is 18.3. The van der Waals surface area contributed by atoms with E-state index in [4.69, 9.17) is 37.7 Å². The van der Waals surface area contributed by atoms with Crippen LogP contribution in [0.1, 0.15) is 21.7 Å². The van der Waals surface area contributed by atoms with Gasteiger partial charge in [-0.2, -0.15) is 0 Å². The van der Waals surface area contributed by atoms with Crippen molar-refractivity contribution < 1.29 is 14.3 Å². The summed E-state index contributed by atoms with van der Waals surface area (Å²) in [6, 6.07) is 18.6. The molecule has 0 aliphatic carbocycles. The van der Waals surface area contributed by atoms with Gasteiger partial charge in [0.15, 0.2) is 11.5 Å². The molecule has 0 aliphatic rings. The Bertz CT molecular complexity index is 1300. The summed E-state index contributed by atoms with van der Waals surface area (Å²) in [5, 5.41) is 4.00. The number of halogens is 2. The molecule has 1 amide bonds. The summed E-state index contributed by atoms with van der Waals surface area (Å²) in [6.07, 6.45) is 0.565. The topological polar surface area (TPSA) is 65.4 Å². The van der Waals surface area contributed by atoms with E-state index < -0.39 is 0 Å². The Morgan fingerprint density at radius 3 is 2.52 bits per heavy atom. The van der Waals surface area contributed by atoms with Crippen LogP contribution in [0.3, 0.4) is 0 Å². The van der Waals surface area contributed by atoms with E-state index in [1.54, 1.807) is 31.4 Å². The highest BCUT2D eigenvalue weighted by Gasteiger charge is 2.14. The fourth-order valence-electron chi connectivity index (χ4n) is 3.68. The van der Waals surface area contributed by atoms with Gasteiger partial charge in [0.2, 0.25) is 0 Å². The average Bonchev–Trinajstić information content (AvgIpc) is 3.18. The molecule has 4 aromatic rings. The maximum absolute atomic E-state index is 12.7. The minimum absolute atomic E-state index is 0.192. The smallest absolute Gasteiger partial charge is 0.251 e. The van der Waals surface area contributed by atoms with E-state index in [9.17, 15) is 4.79 Å². The van der Waals surface area contributed by atoms with Crippen LogP contribution >= 0.6 is 23.2 Å². The molecular formula is C25H23Cl2N3O3. The Kier molecular flexibility index (Phi) is 7.06. The molecule has 170 valence electrons. The average molecular weight is 484 g/mol. The van der Waals surface area contributed by atoms with Gasteiger partial charge in [0.05, 0.1) is 35.3 Å². The van der Waals surface area contributed by atoms with Crippen LogP contribution in [0, 0.1) is 0 Å². The number of ether oxygens (including phenoxy) is 2. The number of carbonyl (C=O) groups excluding carboxylic acids is 1. The number of nitrogens with zero attached hydrogens (tertiary/aromatic N) is 2. The lowest BCUT2D eigenvalue weighted by molar-refractivity contribution is 0.0953. The number of methoxy groups -OCH3 is 2. The molecule has 0 bridgehead atoms. The molecule has 1 N–H and O–H groups in total. The molecule has 4 rings (SSSR count). The molecule has 0 radical (unpaired) electrons. The van der Waals surface area contributed by atoms with Crippen LogP contribution in [0.5, 0.6) is 11.5 Å². The molecule has 0 fully saturated rings. The van der Waals surface area contributed by atoms with Crippen LogP contribution in [0.2, 0.25) is 10.0 Å². The van der Waals surface area contributed by atoms with Gasteiger partial charge in [-0.1, -0.05) is 41.4 Å². The van der Waals surface area contributed by atoms with E-state index >= 15 is 0 Å². The molecule has 0 aliphatic heterocycles. The van der Waals surface area contributed by atoms with E-state index in [-0.39, 0.29) is 5.91 Å². The van der Waals surface area contributed by atoms with Crippen molar-refractivity contribution in [3.8, 4) is 11.5 Å². The van der Waals surface area contributed by atoms with E-state index in [1.807, 2.05) is 36.4 Å². The molecule has 0 unspecified atom stereocenters. The fraction of sp³-hybridized carbons (Fsp3) is 0.200. The van der Waals surface area contributed by atoms with Crippen molar-refractivity contribution in [3.05, 3.63) is 87.7 Å². The monoisotopic (exact) mass is 483 g/mol. The lowest BCUT2D eigenvalue weighted by atomic mass is 10.2. The number of imidazole rings is 1. The molecule has 1 heterocycles. The summed E-state index contributed by atoms with van der Waals surface area (Å²) in [5.74, 6) is 1.76. The highest BCUT2D eigenvalue weighted by Crippen LogP contribution is 2.28. The zero-order chi connectivity index (χ0) is 23.4. The van der Waals surface area contributed by atoms with Gasteiger partial charge < -0.3 is 19.4 Å². The minimum atomic E-state index is -0.192. The predicted molar refractivity (Wildman–Crippen MR) is 131 cm³/mol. The molecule has 0 spiro atoms. The third kappa shape index (κ3) is 5.07. The van der Waals surface area contributed by atoms with Gasteiger partial charge in [-0.15, -0.1) is 0 Å². The maximum atomic E-state index is 12.7. The largest absolute Gasteiger partial charge is 0.493 e. The van der Waals surface area contributed by atoms with Gasteiger partial charge >= 0.3 is 0 Å². The number of benzene rings is 3. The van der Waals surface area contributed by atoms with Crippen molar-refractivity contribution in [2.45, 2.75) is 13.0 Å². The third-order valence-corrected chi connectivity index (χ3v) is 6.08. The Labute approximate surface area is 202 Å². The van der Waals surface area contributed by atoms with Crippen molar-refractivity contribution >= 4 is 40.1 Å². The van der Waals surface area contributed by atoms with Crippen LogP contribution in [-0.4, -0.2) is 36.2 Å². The first-order valence-electron chi connectivity index (χ1n) is 10.4. The molecule has 0 saturated carbocycles. The van der Waals surface area contributed by atoms with Crippen LogP contribution in [-0.2, 0) is 13.0 Å². The molecule has 3 aromatic carbocycles. The number of carbonyl (C=O) groups is 1. The summed E-state index contributed by atoms with van der Waals surface area (Å²) in [5.41, 5.74) is 3.43. The second-order valence-corrected chi connectivity index (χ2v) is 8.24. The standard InChI is InChI=1S/C25H23Cl2N3O3/c1-32-22-10-8-17(14-23(22)33-2)25(31)28-12-11-24-29-20-5-3-4-6-21(20)30(24)15-16-7-9-18(26)19(27)13-16/h3-10,13-14H,11-12,15H2,1-2H3,(H,28,31). The lowest BCUT2D eigenvalue weighted by Gasteiger charge is -2.12. The molecular weight excluding hydrogens is 461 g/mol. The molecule has 33 heavy (non-hydrogen) atoms. The minimum Gasteiger partial charge on any atom is -0.493 e. The summed E-state index contributed by atoms with van der Waals surface area (Å²) >= 11 is 12.3. The predicted octanol–water partition coefficient (Wildman–Crippen LogP) is 5.38. The number of fused-ring (bicyclic) bond motifs is 1. The summed E-state index contributed by atoms with van der Waals surface area (Å²) in [7, 11) is 3.10. The van der Waals surface area contributed by atoms with E-state index in [2.05, 4.69) is 9.88 Å². The van der Waals surface area contributed by atoms with Gasteiger partial charge in [0.25, 0.3) is 5.91 Å². The molecule has 0 atom stereocenters. The van der Waals surface area contributed by atoms with Crippen LogP contribution in [0.25, 0.3) is 11.0 Å². The van der Waals surface area contributed by atoms with Crippen LogP contribution in [0.15, 0.2) is 60.7 Å². The van der Waals surface area contributed by atoms with Crippen molar-refractivity contribution in [3.63, 3.8) is 0 Å². The number of hydrogen-bond acceptors (Lipinski definition) is 4. The van der Waals surface area contributed by atoms with Crippen molar-refractivity contribution in [2.75, 3.05) is 20.8 Å². The van der Waals surface area contributed by atoms with Gasteiger partial charge in [-0.25, -0.2) is 4.98 Å². The van der Waals surface area contributed by atoms with Gasteiger partial charge in [0, 0.05) is 25.1 Å². The zero-order valence-corrected chi connectivity index (χ0v) is 19.8. The number of rotatable bonds is 8. The number of nitrogens with one attached hydrogen (secondary N) is 1. The van der Waals surface area contributed by atoms with Gasteiger partial charge in [-0.05, 0) is 48.0 Å². The van der Waals surface area contributed by atoms with Crippen molar-refractivity contribution in [2.24, 2.45) is 0 Å². The van der Waals surface area contributed by atoms with E-state index in [0.717, 1.165) is 22.4 Å². The quantitative estimate of drug-likeness (QED) is 0.365. The maximum Gasteiger partial charge on any atom is 0.251 e. The van der Waals surface area contributed by atoms with Crippen LogP contribution < -0.4 is 14.8 Å². The summed E-state index contributed by atoms with van der Waals surface area (Å²) in [4.78, 5) is 17.4. The Morgan fingerprint density at radius 1 is 0.970 bits per heavy atom. The molecule has 6 nitrogen and oxygen atoms in total. The number of para-hydroxylation sites is 2. The SMILES string of the molecule is COc1ccc(C(=O)NCCc2nc3ccccc3n2Cc2ccc(Cl)c(Cl)c2)cc1OC. The van der Waals surface area contributed by atoms with Crippen molar-refractivity contribution in [1.82, 2.24) is 14.9 Å². The van der Waals surface area contributed by atoms with Gasteiger partial charge in [0.1, 0.15) is 5.82 Å². The summed E-state index contributed by atoms with van der Waals surface area (Å²) in [6.45, 7) is 1.02. The Morgan fingerprint density at radius 2 is 1.76 bits per heavy atom. The Hall–Kier alpha value is -3.22. The number of aromatic nitrogens is 2. The number of amides is 1. The summed E-state index contributed by atoms with van der Waals surface area (Å²) < 4.78 is 12.7. The second kappa shape index (κ2) is 10.1. The van der Waals surface area contributed by atoms with Gasteiger partial charge in [-0.3, -0.25) is 4.79 Å². The third-order valence-electron chi connectivity index (χ3n) is 5.34. The first kappa shape index (κ1) is 23.0. The molecule has 8 heteroatoms. The first-order valence-corrected chi connectivity index (χ1v) is 11.1. The van der Waals surface area contributed by atoms with E-state index in [1.165, 1.54) is 7.11 Å². The van der Waals surface area contributed by atoms with E-state index in [0.29, 0.717) is 46.6 Å². The second-order valence-electron chi connectivity index (χ2n) is 7.43. The van der Waals surface area contributed by atoms with Crippen molar-refractivity contribution in [1.29, 1.82) is 0 Å². The number of hydrogen-bond donors (Lipinski definition) is 1. The highest BCUT2D eigenvalue weighted by molar-refractivity contribution is 6.42. The Balaban J connectivity index is 1.51. The highest BCUT2D eigenvalue weighted by atomic mass is 35.5.